The average molecular weight is 242 g/mol. The first-order valence-corrected chi connectivity index (χ1v) is 6.56. The Labute approximate surface area is 108 Å². The molecule has 1 unspecified atom stereocenters. The molecule has 1 N–H and O–H groups in total. The molecule has 2 fully saturated rings. The van der Waals surface area contributed by atoms with Crippen LogP contribution in [-0.4, -0.2) is 31.2 Å². The van der Waals surface area contributed by atoms with Crippen LogP contribution in [0.5, 0.6) is 0 Å². The Balaban J connectivity index is 1.86. The smallest absolute Gasteiger partial charge is 0.164 e. The van der Waals surface area contributed by atoms with Crippen LogP contribution in [0.2, 0.25) is 0 Å². The highest BCUT2D eigenvalue weighted by molar-refractivity contribution is 5.57. The lowest BCUT2D eigenvalue weighted by Crippen LogP contribution is -2.29. The SMILES string of the molecule is Cc1ccc(N2CCC3(CCNC3)C2)c(C#N)n1. The number of pyridine rings is 1. The number of nitrogens with zero attached hydrogens (tertiary/aromatic N) is 3. The standard InChI is InChI=1S/C14H18N4/c1-11-2-3-13(12(8-15)17-11)18-7-5-14(10-18)4-6-16-9-14/h2-3,16H,4-7,9-10H2,1H3. The van der Waals surface area contributed by atoms with E-state index in [1.165, 1.54) is 12.8 Å². The van der Waals surface area contributed by atoms with Crippen molar-refractivity contribution in [3.05, 3.63) is 23.5 Å². The van der Waals surface area contributed by atoms with E-state index in [2.05, 4.69) is 21.3 Å². The monoisotopic (exact) mass is 242 g/mol. The molecule has 0 radical (unpaired) electrons. The molecular weight excluding hydrogens is 224 g/mol. The van der Waals surface area contributed by atoms with Crippen LogP contribution in [-0.2, 0) is 0 Å². The molecule has 3 heterocycles. The first-order chi connectivity index (χ1) is 8.72. The van der Waals surface area contributed by atoms with Crippen molar-refractivity contribution in [2.45, 2.75) is 19.8 Å². The molecular formula is C14H18N4. The maximum absolute atomic E-state index is 9.21. The lowest BCUT2D eigenvalue weighted by Gasteiger charge is -2.24. The van der Waals surface area contributed by atoms with E-state index in [9.17, 15) is 5.26 Å². The number of hydrogen-bond donors (Lipinski definition) is 1. The van der Waals surface area contributed by atoms with Crippen molar-refractivity contribution in [3.8, 4) is 6.07 Å². The fraction of sp³-hybridized carbons (Fsp3) is 0.571. The number of aromatic nitrogens is 1. The minimum Gasteiger partial charge on any atom is -0.369 e. The molecule has 1 aromatic rings. The largest absolute Gasteiger partial charge is 0.369 e. The van der Waals surface area contributed by atoms with Gasteiger partial charge >= 0.3 is 0 Å². The first-order valence-electron chi connectivity index (χ1n) is 6.56. The Hall–Kier alpha value is -1.60. The van der Waals surface area contributed by atoms with Gasteiger partial charge in [-0.3, -0.25) is 0 Å². The van der Waals surface area contributed by atoms with Crippen molar-refractivity contribution in [2.75, 3.05) is 31.1 Å². The predicted molar refractivity (Wildman–Crippen MR) is 70.4 cm³/mol. The van der Waals surface area contributed by atoms with Crippen molar-refractivity contribution in [2.24, 2.45) is 5.41 Å². The van der Waals surface area contributed by atoms with Gasteiger partial charge in [-0.25, -0.2) is 4.98 Å². The zero-order valence-electron chi connectivity index (χ0n) is 10.7. The zero-order chi connectivity index (χ0) is 12.6. The van der Waals surface area contributed by atoms with Gasteiger partial charge < -0.3 is 10.2 Å². The predicted octanol–water partition coefficient (Wildman–Crippen LogP) is 1.45. The van der Waals surface area contributed by atoms with Gasteiger partial charge in [0.25, 0.3) is 0 Å². The Kier molecular flexibility index (Phi) is 2.71. The van der Waals surface area contributed by atoms with Crippen molar-refractivity contribution in [1.29, 1.82) is 5.26 Å². The molecule has 1 spiro atoms. The van der Waals surface area contributed by atoms with Crippen LogP contribution in [0.25, 0.3) is 0 Å². The Morgan fingerprint density at radius 3 is 3.06 bits per heavy atom. The Morgan fingerprint density at radius 2 is 2.33 bits per heavy atom. The molecule has 3 rings (SSSR count). The highest BCUT2D eigenvalue weighted by atomic mass is 15.2. The van der Waals surface area contributed by atoms with Crippen molar-refractivity contribution >= 4 is 5.69 Å². The molecule has 0 amide bonds. The van der Waals surface area contributed by atoms with Crippen LogP contribution in [0.15, 0.2) is 12.1 Å². The molecule has 0 aliphatic carbocycles. The van der Waals surface area contributed by atoms with Crippen molar-refractivity contribution in [3.63, 3.8) is 0 Å². The lowest BCUT2D eigenvalue weighted by atomic mass is 9.86. The Bertz CT molecular complexity index is 497. The summed E-state index contributed by atoms with van der Waals surface area (Å²) in [6.45, 7) is 6.27. The highest BCUT2D eigenvalue weighted by Crippen LogP contribution is 2.38. The molecule has 0 aromatic carbocycles. The number of nitriles is 1. The van der Waals surface area contributed by atoms with E-state index in [0.29, 0.717) is 11.1 Å². The van der Waals surface area contributed by atoms with Crippen LogP contribution in [0.4, 0.5) is 5.69 Å². The van der Waals surface area contributed by atoms with Crippen LogP contribution in [0.3, 0.4) is 0 Å². The van der Waals surface area contributed by atoms with Gasteiger partial charge in [-0.1, -0.05) is 0 Å². The fourth-order valence-corrected chi connectivity index (χ4v) is 3.17. The van der Waals surface area contributed by atoms with Crippen LogP contribution >= 0.6 is 0 Å². The van der Waals surface area contributed by atoms with Gasteiger partial charge in [-0.2, -0.15) is 5.26 Å². The molecule has 1 aromatic heterocycles. The second kappa shape index (κ2) is 4.25. The third kappa shape index (κ3) is 1.85. The van der Waals surface area contributed by atoms with E-state index >= 15 is 0 Å². The van der Waals surface area contributed by atoms with E-state index in [4.69, 9.17) is 0 Å². The molecule has 2 aliphatic rings. The topological polar surface area (TPSA) is 52.0 Å². The molecule has 2 saturated heterocycles. The maximum Gasteiger partial charge on any atom is 0.164 e. The van der Waals surface area contributed by atoms with Crippen molar-refractivity contribution in [1.82, 2.24) is 10.3 Å². The summed E-state index contributed by atoms with van der Waals surface area (Å²) >= 11 is 0. The van der Waals surface area contributed by atoms with E-state index in [0.717, 1.165) is 37.6 Å². The van der Waals surface area contributed by atoms with Crippen molar-refractivity contribution < 1.29 is 0 Å². The number of rotatable bonds is 1. The molecule has 0 saturated carbocycles. The fourth-order valence-electron chi connectivity index (χ4n) is 3.17. The minimum atomic E-state index is 0.428. The average Bonchev–Trinajstić information content (AvgIpc) is 3.00. The number of nitrogens with one attached hydrogen (secondary N) is 1. The summed E-state index contributed by atoms with van der Waals surface area (Å²) in [6.07, 6.45) is 2.48. The Morgan fingerprint density at radius 1 is 1.44 bits per heavy atom. The summed E-state index contributed by atoms with van der Waals surface area (Å²) in [5.41, 5.74) is 2.91. The van der Waals surface area contributed by atoms with Crippen LogP contribution < -0.4 is 10.2 Å². The summed E-state index contributed by atoms with van der Waals surface area (Å²) in [7, 11) is 0. The zero-order valence-corrected chi connectivity index (χ0v) is 10.7. The quantitative estimate of drug-likeness (QED) is 0.810. The van der Waals surface area contributed by atoms with Gasteiger partial charge in [0.2, 0.25) is 0 Å². The minimum absolute atomic E-state index is 0.428. The normalized spacial score (nSPS) is 26.8. The lowest BCUT2D eigenvalue weighted by molar-refractivity contribution is 0.369. The van der Waals surface area contributed by atoms with Gasteiger partial charge in [0.15, 0.2) is 5.69 Å². The van der Waals surface area contributed by atoms with E-state index in [1.54, 1.807) is 0 Å². The molecule has 4 nitrogen and oxygen atoms in total. The number of aryl methyl sites for hydroxylation is 1. The van der Waals surface area contributed by atoms with Gasteiger partial charge in [0.1, 0.15) is 6.07 Å². The summed E-state index contributed by atoms with van der Waals surface area (Å²) < 4.78 is 0. The van der Waals surface area contributed by atoms with Crippen LogP contribution in [0, 0.1) is 23.7 Å². The van der Waals surface area contributed by atoms with Gasteiger partial charge in [0, 0.05) is 30.7 Å². The second-order valence-corrected chi connectivity index (χ2v) is 5.53. The maximum atomic E-state index is 9.21. The van der Waals surface area contributed by atoms with Gasteiger partial charge in [-0.05, 0) is 38.4 Å². The molecule has 94 valence electrons. The summed E-state index contributed by atoms with van der Waals surface area (Å²) in [6, 6.07) is 6.26. The number of anilines is 1. The van der Waals surface area contributed by atoms with E-state index < -0.39 is 0 Å². The van der Waals surface area contributed by atoms with E-state index in [-0.39, 0.29) is 0 Å². The van der Waals surface area contributed by atoms with E-state index in [1.807, 2.05) is 19.1 Å². The number of hydrogen-bond acceptors (Lipinski definition) is 4. The molecule has 18 heavy (non-hydrogen) atoms. The first kappa shape index (κ1) is 11.5. The summed E-state index contributed by atoms with van der Waals surface area (Å²) in [4.78, 5) is 6.66. The molecule has 2 aliphatic heterocycles. The van der Waals surface area contributed by atoms with Gasteiger partial charge in [-0.15, -0.1) is 0 Å². The molecule has 4 heteroatoms. The third-order valence-corrected chi connectivity index (χ3v) is 4.23. The van der Waals surface area contributed by atoms with Crippen LogP contribution in [0.1, 0.15) is 24.2 Å². The highest BCUT2D eigenvalue weighted by Gasteiger charge is 2.40. The molecule has 0 bridgehead atoms. The second-order valence-electron chi connectivity index (χ2n) is 5.53. The summed E-state index contributed by atoms with van der Waals surface area (Å²) in [5, 5.41) is 12.7. The van der Waals surface area contributed by atoms with Gasteiger partial charge in [0.05, 0.1) is 5.69 Å². The summed E-state index contributed by atoms with van der Waals surface area (Å²) in [5.74, 6) is 0. The third-order valence-electron chi connectivity index (χ3n) is 4.23. The molecule has 1 atom stereocenters.